The SMILES string of the molecule is COc1ccccc1CCNC(=O)C(C)N=C1NS(=O)(=O)c2ccccc21. The van der Waals surface area contributed by atoms with Gasteiger partial charge in [0.25, 0.3) is 10.0 Å². The van der Waals surface area contributed by atoms with E-state index in [1.54, 1.807) is 32.2 Å². The predicted molar refractivity (Wildman–Crippen MR) is 102 cm³/mol. The van der Waals surface area contributed by atoms with Gasteiger partial charge < -0.3 is 10.1 Å². The first-order valence-electron chi connectivity index (χ1n) is 8.52. The van der Waals surface area contributed by atoms with E-state index in [4.69, 9.17) is 4.74 Å². The number of methoxy groups -OCH3 is 1. The molecule has 1 atom stereocenters. The summed E-state index contributed by atoms with van der Waals surface area (Å²) in [7, 11) is -2.01. The van der Waals surface area contributed by atoms with Crippen LogP contribution < -0.4 is 14.8 Å². The number of aliphatic imine (C=N–C) groups is 1. The molecule has 1 amide bonds. The highest BCUT2D eigenvalue weighted by atomic mass is 32.2. The van der Waals surface area contributed by atoms with Crippen molar-refractivity contribution in [2.45, 2.75) is 24.3 Å². The number of ether oxygens (including phenoxy) is 1. The first kappa shape index (κ1) is 18.9. The molecule has 0 spiro atoms. The van der Waals surface area contributed by atoms with Gasteiger partial charge in [0.15, 0.2) is 0 Å². The maximum absolute atomic E-state index is 12.3. The van der Waals surface area contributed by atoms with Crippen LogP contribution >= 0.6 is 0 Å². The molecule has 8 heteroatoms. The third-order valence-corrected chi connectivity index (χ3v) is 5.65. The minimum atomic E-state index is -3.61. The number of benzene rings is 2. The molecule has 0 bridgehead atoms. The van der Waals surface area contributed by atoms with Crippen molar-refractivity contribution in [3.8, 4) is 5.75 Å². The number of nitrogens with zero attached hydrogens (tertiary/aromatic N) is 1. The summed E-state index contributed by atoms with van der Waals surface area (Å²) in [5.74, 6) is 0.691. The Bertz CT molecular complexity index is 986. The fourth-order valence-electron chi connectivity index (χ4n) is 2.86. The van der Waals surface area contributed by atoms with E-state index in [-0.39, 0.29) is 16.6 Å². The van der Waals surface area contributed by atoms with Gasteiger partial charge in [0.2, 0.25) is 5.91 Å². The van der Waals surface area contributed by atoms with E-state index in [0.29, 0.717) is 18.5 Å². The Labute approximate surface area is 158 Å². The molecule has 1 unspecified atom stereocenters. The molecule has 1 aliphatic rings. The zero-order valence-corrected chi connectivity index (χ0v) is 15.9. The van der Waals surface area contributed by atoms with Crippen molar-refractivity contribution < 1.29 is 17.9 Å². The summed E-state index contributed by atoms with van der Waals surface area (Å²) in [4.78, 5) is 16.8. The second-order valence-electron chi connectivity index (χ2n) is 6.11. The minimum absolute atomic E-state index is 0.174. The van der Waals surface area contributed by atoms with Gasteiger partial charge in [-0.3, -0.25) is 14.5 Å². The monoisotopic (exact) mass is 387 g/mol. The molecule has 7 nitrogen and oxygen atoms in total. The van der Waals surface area contributed by atoms with E-state index < -0.39 is 16.1 Å². The van der Waals surface area contributed by atoms with Crippen molar-refractivity contribution in [2.24, 2.45) is 4.99 Å². The zero-order chi connectivity index (χ0) is 19.4. The Kier molecular flexibility index (Phi) is 5.46. The van der Waals surface area contributed by atoms with Gasteiger partial charge in [0.1, 0.15) is 17.6 Å². The molecule has 2 aromatic carbocycles. The van der Waals surface area contributed by atoms with Crippen LogP contribution in [0.2, 0.25) is 0 Å². The van der Waals surface area contributed by atoms with E-state index in [1.807, 2.05) is 24.3 Å². The van der Waals surface area contributed by atoms with Gasteiger partial charge in [-0.05, 0) is 37.1 Å². The normalized spacial score (nSPS) is 17.0. The molecular weight excluding hydrogens is 366 g/mol. The van der Waals surface area contributed by atoms with Gasteiger partial charge in [0.05, 0.1) is 12.0 Å². The molecule has 0 aliphatic carbocycles. The largest absolute Gasteiger partial charge is 0.496 e. The smallest absolute Gasteiger partial charge is 0.263 e. The van der Waals surface area contributed by atoms with Gasteiger partial charge in [-0.15, -0.1) is 0 Å². The van der Waals surface area contributed by atoms with Crippen molar-refractivity contribution in [3.05, 3.63) is 59.7 Å². The Hall–Kier alpha value is -2.87. The number of nitrogens with one attached hydrogen (secondary N) is 2. The van der Waals surface area contributed by atoms with Gasteiger partial charge in [-0.25, -0.2) is 8.42 Å². The van der Waals surface area contributed by atoms with Crippen LogP contribution in [-0.4, -0.2) is 39.9 Å². The molecule has 1 heterocycles. The predicted octanol–water partition coefficient (Wildman–Crippen LogP) is 1.48. The first-order valence-corrected chi connectivity index (χ1v) is 10.0. The second-order valence-corrected chi connectivity index (χ2v) is 7.76. The summed E-state index contributed by atoms with van der Waals surface area (Å²) < 4.78 is 31.9. The molecule has 1 aliphatic heterocycles. The molecule has 0 saturated heterocycles. The number of amidine groups is 1. The van der Waals surface area contributed by atoms with Crippen LogP contribution in [0.3, 0.4) is 0 Å². The molecule has 3 rings (SSSR count). The Morgan fingerprint density at radius 2 is 1.89 bits per heavy atom. The molecule has 0 fully saturated rings. The highest BCUT2D eigenvalue weighted by Crippen LogP contribution is 2.22. The lowest BCUT2D eigenvalue weighted by Crippen LogP contribution is -2.35. The van der Waals surface area contributed by atoms with E-state index >= 15 is 0 Å². The molecule has 2 aromatic rings. The summed E-state index contributed by atoms with van der Waals surface area (Å²) in [5, 5.41) is 2.82. The molecule has 2 N–H and O–H groups in total. The summed E-state index contributed by atoms with van der Waals surface area (Å²) in [6, 6.07) is 13.4. The Balaban J connectivity index is 1.64. The number of carbonyl (C=O) groups is 1. The summed E-state index contributed by atoms with van der Waals surface area (Å²) in [6.45, 7) is 2.05. The first-order chi connectivity index (χ1) is 12.9. The number of carbonyl (C=O) groups excluding carboxylic acids is 1. The second kappa shape index (κ2) is 7.79. The van der Waals surface area contributed by atoms with Crippen molar-refractivity contribution in [2.75, 3.05) is 13.7 Å². The minimum Gasteiger partial charge on any atom is -0.496 e. The van der Waals surface area contributed by atoms with Crippen molar-refractivity contribution in [1.82, 2.24) is 10.0 Å². The lowest BCUT2D eigenvalue weighted by molar-refractivity contribution is -0.121. The Morgan fingerprint density at radius 3 is 2.67 bits per heavy atom. The topological polar surface area (TPSA) is 96.9 Å². The number of para-hydroxylation sites is 1. The number of hydrogen-bond donors (Lipinski definition) is 2. The third-order valence-electron chi connectivity index (χ3n) is 4.25. The number of rotatable bonds is 6. The fourth-order valence-corrected chi connectivity index (χ4v) is 4.10. The van der Waals surface area contributed by atoms with Crippen LogP contribution in [0.25, 0.3) is 0 Å². The quantitative estimate of drug-likeness (QED) is 0.785. The molecule has 27 heavy (non-hydrogen) atoms. The molecule has 0 saturated carbocycles. The maximum atomic E-state index is 12.3. The molecule has 142 valence electrons. The van der Waals surface area contributed by atoms with Crippen molar-refractivity contribution in [3.63, 3.8) is 0 Å². The molecule has 0 radical (unpaired) electrons. The van der Waals surface area contributed by atoms with E-state index in [9.17, 15) is 13.2 Å². The summed E-state index contributed by atoms with van der Waals surface area (Å²) in [6.07, 6.45) is 0.620. The number of fused-ring (bicyclic) bond motifs is 1. The van der Waals surface area contributed by atoms with Crippen LogP contribution in [0.4, 0.5) is 0 Å². The highest BCUT2D eigenvalue weighted by Gasteiger charge is 2.31. The standard InChI is InChI=1S/C19H21N3O4S/c1-13(19(23)20-12-11-14-7-3-5-9-16(14)26-2)21-18-15-8-4-6-10-17(15)27(24,25)22-18/h3-10,13H,11-12H2,1-2H3,(H,20,23)(H,21,22). The number of hydrogen-bond acceptors (Lipinski definition) is 5. The van der Waals surface area contributed by atoms with Crippen molar-refractivity contribution >= 4 is 21.8 Å². The van der Waals surface area contributed by atoms with Gasteiger partial charge >= 0.3 is 0 Å². The van der Waals surface area contributed by atoms with Crippen molar-refractivity contribution in [1.29, 1.82) is 0 Å². The van der Waals surface area contributed by atoms with Gasteiger partial charge in [-0.1, -0.05) is 30.3 Å². The lowest BCUT2D eigenvalue weighted by Gasteiger charge is -2.11. The van der Waals surface area contributed by atoms with Gasteiger partial charge in [0, 0.05) is 12.1 Å². The van der Waals surface area contributed by atoms with E-state index in [1.165, 1.54) is 6.07 Å². The Morgan fingerprint density at radius 1 is 1.19 bits per heavy atom. The average molecular weight is 387 g/mol. The van der Waals surface area contributed by atoms with E-state index in [2.05, 4.69) is 15.0 Å². The van der Waals surface area contributed by atoms with Crippen LogP contribution in [-0.2, 0) is 21.2 Å². The van der Waals surface area contributed by atoms with Crippen LogP contribution in [0.5, 0.6) is 5.75 Å². The lowest BCUT2D eigenvalue weighted by atomic mass is 10.1. The third kappa shape index (κ3) is 4.11. The fraction of sp³-hybridized carbons (Fsp3) is 0.263. The van der Waals surface area contributed by atoms with Crippen LogP contribution in [0.1, 0.15) is 18.1 Å². The zero-order valence-electron chi connectivity index (χ0n) is 15.1. The summed E-state index contributed by atoms with van der Waals surface area (Å²) >= 11 is 0. The van der Waals surface area contributed by atoms with Gasteiger partial charge in [-0.2, -0.15) is 0 Å². The number of sulfonamides is 1. The van der Waals surface area contributed by atoms with E-state index in [0.717, 1.165) is 11.3 Å². The average Bonchev–Trinajstić information content (AvgIpc) is 2.92. The number of amides is 1. The van der Waals surface area contributed by atoms with Crippen LogP contribution in [0.15, 0.2) is 58.4 Å². The summed E-state index contributed by atoms with van der Waals surface area (Å²) in [5.41, 5.74) is 1.47. The molecule has 0 aromatic heterocycles. The maximum Gasteiger partial charge on any atom is 0.263 e. The highest BCUT2D eigenvalue weighted by molar-refractivity contribution is 7.90. The molecular formula is C19H21N3O4S. The van der Waals surface area contributed by atoms with Crippen LogP contribution in [0, 0.1) is 0 Å².